The Bertz CT molecular complexity index is 1810. The first-order chi connectivity index (χ1) is 17.0. The summed E-state index contributed by atoms with van der Waals surface area (Å²) < 4.78 is 1.98. The predicted molar refractivity (Wildman–Crippen MR) is 138 cm³/mol. The standard InChI is InChI=1S/C27H17ClN4O2S/c1-16-24(20-7-2-3-8-22(20)31-16)25(33)21(15-29)27-32(19-11-9-17(28)10-12-19)26(34)23(35-27)14-18-6-4-5-13-30-18/h2-14,31H,1H3/b23-14-,27-21+. The number of nitriles is 1. The first-order valence-corrected chi connectivity index (χ1v) is 11.8. The van der Waals surface area contributed by atoms with Gasteiger partial charge in [-0.3, -0.25) is 19.1 Å². The van der Waals surface area contributed by atoms with E-state index in [4.69, 9.17) is 11.6 Å². The normalized spacial score (nSPS) is 12.5. The summed E-state index contributed by atoms with van der Waals surface area (Å²) in [5.74, 6) is -0.448. The van der Waals surface area contributed by atoms with Crippen molar-refractivity contribution in [2.24, 2.45) is 0 Å². The number of carbonyl (C=O) groups excluding carboxylic acids is 1. The molecule has 0 radical (unpaired) electrons. The number of ketones is 1. The first kappa shape index (κ1) is 22.5. The third-order valence-electron chi connectivity index (χ3n) is 5.55. The average Bonchev–Trinajstić information content (AvgIpc) is 3.36. The van der Waals surface area contributed by atoms with Gasteiger partial charge in [0.2, 0.25) is 5.78 Å². The van der Waals surface area contributed by atoms with Crippen molar-refractivity contribution in [3.05, 3.63) is 114 Å². The predicted octanol–water partition coefficient (Wildman–Crippen LogP) is 4.12. The molecule has 0 saturated heterocycles. The van der Waals surface area contributed by atoms with Crippen molar-refractivity contribution in [1.82, 2.24) is 14.5 Å². The maximum Gasteiger partial charge on any atom is 0.273 e. The minimum Gasteiger partial charge on any atom is -0.358 e. The Balaban J connectivity index is 1.85. The fourth-order valence-corrected chi connectivity index (χ4v) is 5.17. The minimum absolute atomic E-state index is 0.115. The van der Waals surface area contributed by atoms with Crippen LogP contribution < -0.4 is 14.8 Å². The van der Waals surface area contributed by atoms with Crippen LogP contribution in [0.2, 0.25) is 5.02 Å². The van der Waals surface area contributed by atoms with Crippen LogP contribution in [0.1, 0.15) is 21.7 Å². The highest BCUT2D eigenvalue weighted by Crippen LogP contribution is 2.24. The fourth-order valence-electron chi connectivity index (χ4n) is 3.96. The van der Waals surface area contributed by atoms with Gasteiger partial charge in [-0.2, -0.15) is 5.26 Å². The molecule has 0 saturated carbocycles. The first-order valence-electron chi connectivity index (χ1n) is 10.6. The molecule has 5 rings (SSSR count). The molecule has 3 heterocycles. The smallest absolute Gasteiger partial charge is 0.273 e. The second-order valence-corrected chi connectivity index (χ2v) is 9.24. The van der Waals surface area contributed by atoms with Gasteiger partial charge in [-0.15, -0.1) is 11.3 Å². The van der Waals surface area contributed by atoms with E-state index in [-0.39, 0.29) is 15.8 Å². The lowest BCUT2D eigenvalue weighted by Crippen LogP contribution is -2.31. The van der Waals surface area contributed by atoms with Gasteiger partial charge in [-0.1, -0.05) is 35.9 Å². The van der Waals surface area contributed by atoms with Gasteiger partial charge in [-0.25, -0.2) is 0 Å². The second-order valence-electron chi connectivity index (χ2n) is 7.77. The number of nitrogens with zero attached hydrogens (tertiary/aromatic N) is 3. The van der Waals surface area contributed by atoms with Crippen LogP contribution in [0, 0.1) is 18.3 Å². The van der Waals surface area contributed by atoms with Crippen molar-refractivity contribution in [3.8, 4) is 11.8 Å². The number of hydrogen-bond acceptors (Lipinski definition) is 5. The Labute approximate surface area is 208 Å². The van der Waals surface area contributed by atoms with Gasteiger partial charge in [-0.05, 0) is 55.5 Å². The zero-order valence-electron chi connectivity index (χ0n) is 18.4. The van der Waals surface area contributed by atoms with E-state index in [0.717, 1.165) is 22.2 Å². The van der Waals surface area contributed by atoms with Crippen molar-refractivity contribution < 1.29 is 4.79 Å². The zero-order chi connectivity index (χ0) is 24.5. The summed E-state index contributed by atoms with van der Waals surface area (Å²) in [6.45, 7) is 1.79. The number of para-hydroxylation sites is 1. The number of carbonyl (C=O) groups is 1. The number of hydrogen-bond donors (Lipinski definition) is 1. The molecule has 1 N–H and O–H groups in total. The Hall–Kier alpha value is -4.25. The van der Waals surface area contributed by atoms with Crippen LogP contribution in [-0.2, 0) is 0 Å². The molecule has 2 aromatic carbocycles. The molecule has 35 heavy (non-hydrogen) atoms. The molecular formula is C27H17ClN4O2S. The topological polar surface area (TPSA) is 91.5 Å². The number of halogens is 1. The molecule has 3 aromatic heterocycles. The van der Waals surface area contributed by atoms with Gasteiger partial charge in [0, 0.05) is 27.8 Å². The number of H-pyrrole nitrogens is 1. The molecule has 170 valence electrons. The average molecular weight is 497 g/mol. The number of aromatic amines is 1. The third kappa shape index (κ3) is 4.10. The zero-order valence-corrected chi connectivity index (χ0v) is 20.0. The third-order valence-corrected chi connectivity index (χ3v) is 6.89. The number of benzene rings is 2. The lowest BCUT2D eigenvalue weighted by Gasteiger charge is -2.04. The van der Waals surface area contributed by atoms with E-state index in [9.17, 15) is 14.9 Å². The van der Waals surface area contributed by atoms with Gasteiger partial charge >= 0.3 is 0 Å². The molecule has 0 aliphatic heterocycles. The summed E-state index contributed by atoms with van der Waals surface area (Å²) in [7, 11) is 0. The van der Waals surface area contributed by atoms with Gasteiger partial charge in [0.25, 0.3) is 5.56 Å². The Kier molecular flexibility index (Phi) is 5.91. The largest absolute Gasteiger partial charge is 0.358 e. The molecule has 0 unspecified atom stereocenters. The number of thiazole rings is 1. The summed E-state index contributed by atoms with van der Waals surface area (Å²) in [4.78, 5) is 34.8. The van der Waals surface area contributed by atoms with Crippen LogP contribution in [0.25, 0.3) is 28.2 Å². The van der Waals surface area contributed by atoms with Gasteiger partial charge in [0.1, 0.15) is 16.3 Å². The highest BCUT2D eigenvalue weighted by atomic mass is 35.5. The van der Waals surface area contributed by atoms with Crippen molar-refractivity contribution in [3.63, 3.8) is 0 Å². The number of nitrogens with one attached hydrogen (secondary N) is 1. The van der Waals surface area contributed by atoms with Crippen molar-refractivity contribution in [2.75, 3.05) is 0 Å². The van der Waals surface area contributed by atoms with Crippen LogP contribution in [0.15, 0.2) is 77.7 Å². The van der Waals surface area contributed by atoms with Crippen LogP contribution in [-0.4, -0.2) is 20.3 Å². The Morgan fingerprint density at radius 1 is 1.11 bits per heavy atom. The number of fused-ring (bicyclic) bond motifs is 1. The summed E-state index contributed by atoms with van der Waals surface area (Å²) in [6.07, 6.45) is 3.29. The molecule has 5 aromatic rings. The van der Waals surface area contributed by atoms with E-state index >= 15 is 0 Å². The second kappa shape index (κ2) is 9.18. The monoisotopic (exact) mass is 496 g/mol. The highest BCUT2D eigenvalue weighted by molar-refractivity contribution is 7.07. The van der Waals surface area contributed by atoms with E-state index in [2.05, 4.69) is 16.0 Å². The Morgan fingerprint density at radius 2 is 1.86 bits per heavy atom. The van der Waals surface area contributed by atoms with Crippen LogP contribution in [0.4, 0.5) is 0 Å². The fraction of sp³-hybridized carbons (Fsp3) is 0.0370. The quantitative estimate of drug-likeness (QED) is 0.379. The van der Waals surface area contributed by atoms with Crippen LogP contribution in [0.3, 0.4) is 0 Å². The van der Waals surface area contributed by atoms with Gasteiger partial charge < -0.3 is 4.98 Å². The molecule has 0 amide bonds. The lowest BCUT2D eigenvalue weighted by atomic mass is 10.0. The maximum absolute atomic E-state index is 13.8. The van der Waals surface area contributed by atoms with Crippen molar-refractivity contribution >= 4 is 51.3 Å². The maximum atomic E-state index is 13.8. The number of aryl methyl sites for hydroxylation is 1. The molecule has 6 nitrogen and oxygen atoms in total. The summed E-state index contributed by atoms with van der Waals surface area (Å²) in [5.41, 5.74) is 2.50. The number of pyridine rings is 1. The molecule has 0 fully saturated rings. The summed E-state index contributed by atoms with van der Waals surface area (Å²) >= 11 is 7.14. The summed E-state index contributed by atoms with van der Waals surface area (Å²) in [6, 6.07) is 21.6. The minimum atomic E-state index is -0.448. The van der Waals surface area contributed by atoms with E-state index in [0.29, 0.717) is 32.2 Å². The molecule has 0 aliphatic carbocycles. The van der Waals surface area contributed by atoms with E-state index in [1.165, 1.54) is 4.57 Å². The highest BCUT2D eigenvalue weighted by Gasteiger charge is 2.23. The number of rotatable bonds is 4. The molecule has 0 atom stereocenters. The SMILES string of the molecule is Cc1[nH]c2ccccc2c1C(=O)/C(C#N)=c1/s/c(=C\c2ccccn2)c(=O)n1-c1ccc(Cl)cc1. The van der Waals surface area contributed by atoms with E-state index in [1.54, 1.807) is 55.6 Å². The van der Waals surface area contributed by atoms with Crippen LogP contribution in [0.5, 0.6) is 0 Å². The van der Waals surface area contributed by atoms with Crippen molar-refractivity contribution in [2.45, 2.75) is 6.92 Å². The van der Waals surface area contributed by atoms with E-state index < -0.39 is 5.78 Å². The van der Waals surface area contributed by atoms with Gasteiger partial charge in [0.05, 0.1) is 21.5 Å². The molecular weight excluding hydrogens is 480 g/mol. The Morgan fingerprint density at radius 3 is 2.57 bits per heavy atom. The lowest BCUT2D eigenvalue weighted by molar-refractivity contribution is 0.105. The number of Topliss-reactive ketones (excluding diaryl/α,β-unsaturated/α-hetero) is 1. The number of aromatic nitrogens is 3. The van der Waals surface area contributed by atoms with Crippen molar-refractivity contribution in [1.29, 1.82) is 5.26 Å². The summed E-state index contributed by atoms with van der Waals surface area (Å²) in [5, 5.41) is 11.4. The molecule has 0 bridgehead atoms. The molecule has 0 aliphatic rings. The molecule has 0 spiro atoms. The molecule has 8 heteroatoms. The van der Waals surface area contributed by atoms with Crippen LogP contribution >= 0.6 is 22.9 Å². The van der Waals surface area contributed by atoms with E-state index in [1.807, 2.05) is 30.3 Å². The van der Waals surface area contributed by atoms with Gasteiger partial charge in [0.15, 0.2) is 0 Å².